The molecule has 2 saturated heterocycles. The first-order valence-electron chi connectivity index (χ1n) is 14.8. The van der Waals surface area contributed by atoms with Crippen LogP contribution in [0.4, 0.5) is 5.82 Å². The molecule has 2 unspecified atom stereocenters. The van der Waals surface area contributed by atoms with Crippen molar-refractivity contribution in [3.05, 3.63) is 54.2 Å². The third-order valence-corrected chi connectivity index (χ3v) is 8.02. The number of amides is 2. The SMILES string of the molecule is COc1ccc(CCNC(=O)CC2CN(C(=O)C3CCOC3)CCN2c2cc(C(C)C)nc(-n3ccnc3)n2)cc1OC. The molecule has 43 heavy (non-hydrogen) atoms. The Hall–Kier alpha value is -4.19. The molecular weight excluding hydrogens is 550 g/mol. The van der Waals surface area contributed by atoms with Gasteiger partial charge in [0.2, 0.25) is 17.8 Å². The molecule has 2 aliphatic rings. The van der Waals surface area contributed by atoms with Crippen molar-refractivity contribution in [2.75, 3.05) is 58.5 Å². The molecule has 2 aliphatic heterocycles. The number of piperazine rings is 1. The maximum Gasteiger partial charge on any atom is 0.237 e. The number of imidazole rings is 1. The highest BCUT2D eigenvalue weighted by Crippen LogP contribution is 2.28. The highest BCUT2D eigenvalue weighted by atomic mass is 16.5. The fraction of sp³-hybridized carbons (Fsp3) is 0.516. The number of carbonyl (C=O) groups excluding carboxylic acids is 2. The number of nitrogens with one attached hydrogen (secondary N) is 1. The number of benzene rings is 1. The minimum atomic E-state index is -0.258. The number of methoxy groups -OCH3 is 2. The molecule has 0 aliphatic carbocycles. The molecule has 3 aromatic rings. The van der Waals surface area contributed by atoms with Gasteiger partial charge < -0.3 is 29.3 Å². The lowest BCUT2D eigenvalue weighted by atomic mass is 10.0. The Balaban J connectivity index is 1.33. The highest BCUT2D eigenvalue weighted by Gasteiger charge is 2.36. The quantitative estimate of drug-likeness (QED) is 0.358. The summed E-state index contributed by atoms with van der Waals surface area (Å²) in [7, 11) is 3.21. The second kappa shape index (κ2) is 13.9. The molecule has 230 valence electrons. The fourth-order valence-electron chi connectivity index (χ4n) is 5.56. The molecule has 2 amide bonds. The van der Waals surface area contributed by atoms with Gasteiger partial charge in [0.05, 0.1) is 38.5 Å². The molecule has 4 heterocycles. The minimum absolute atomic E-state index is 0.0815. The van der Waals surface area contributed by atoms with Crippen LogP contribution in [0.15, 0.2) is 43.0 Å². The van der Waals surface area contributed by atoms with Crippen LogP contribution in [0.1, 0.15) is 43.9 Å². The smallest absolute Gasteiger partial charge is 0.237 e. The number of anilines is 1. The molecule has 0 bridgehead atoms. The standard InChI is InChI=1S/C31H41N7O5/c1-21(2)25-17-28(35-31(34-25)37-11-10-32-20-37)38-13-12-36(30(40)23-8-14-43-19-23)18-24(38)16-29(39)33-9-7-22-5-6-26(41-3)27(15-22)42-4/h5-6,10-11,15,17,20-21,23-24H,7-9,12-14,16,18-19H2,1-4H3,(H,33,39). The lowest BCUT2D eigenvalue weighted by molar-refractivity contribution is -0.137. The van der Waals surface area contributed by atoms with E-state index in [9.17, 15) is 9.59 Å². The molecule has 12 heteroatoms. The summed E-state index contributed by atoms with van der Waals surface area (Å²) in [5.74, 6) is 2.65. The third kappa shape index (κ3) is 7.24. The summed E-state index contributed by atoms with van der Waals surface area (Å²) in [6.45, 7) is 7.26. The molecule has 2 fully saturated rings. The Kier molecular flexibility index (Phi) is 9.75. The molecule has 12 nitrogen and oxygen atoms in total. The van der Waals surface area contributed by atoms with E-state index in [4.69, 9.17) is 24.2 Å². The average molecular weight is 592 g/mol. The molecule has 1 aromatic carbocycles. The first-order valence-corrected chi connectivity index (χ1v) is 14.8. The summed E-state index contributed by atoms with van der Waals surface area (Å²) in [4.78, 5) is 44.5. The van der Waals surface area contributed by atoms with Gasteiger partial charge in [-0.25, -0.2) is 9.97 Å². The van der Waals surface area contributed by atoms with E-state index in [-0.39, 0.29) is 36.1 Å². The van der Waals surface area contributed by atoms with Crippen LogP contribution in [0.5, 0.6) is 11.5 Å². The summed E-state index contributed by atoms with van der Waals surface area (Å²) < 4.78 is 18.0. The number of carbonyl (C=O) groups is 2. The normalized spacial score (nSPS) is 18.6. The Morgan fingerprint density at radius 2 is 1.95 bits per heavy atom. The van der Waals surface area contributed by atoms with Crippen molar-refractivity contribution in [1.82, 2.24) is 29.7 Å². The van der Waals surface area contributed by atoms with Crippen LogP contribution in [-0.2, 0) is 20.7 Å². The third-order valence-electron chi connectivity index (χ3n) is 8.02. The van der Waals surface area contributed by atoms with Gasteiger partial charge in [-0.15, -0.1) is 0 Å². The number of nitrogens with zero attached hydrogens (tertiary/aromatic N) is 6. The number of rotatable bonds is 11. The number of hydrogen-bond donors (Lipinski definition) is 1. The number of ether oxygens (including phenoxy) is 3. The Morgan fingerprint density at radius 3 is 2.65 bits per heavy atom. The van der Waals surface area contributed by atoms with Gasteiger partial charge >= 0.3 is 0 Å². The van der Waals surface area contributed by atoms with Crippen LogP contribution in [0.3, 0.4) is 0 Å². The molecule has 0 radical (unpaired) electrons. The van der Waals surface area contributed by atoms with E-state index in [1.807, 2.05) is 35.4 Å². The fourth-order valence-corrected chi connectivity index (χ4v) is 5.56. The Labute approximate surface area is 252 Å². The van der Waals surface area contributed by atoms with E-state index in [1.165, 1.54) is 0 Å². The van der Waals surface area contributed by atoms with Crippen LogP contribution in [0.2, 0.25) is 0 Å². The van der Waals surface area contributed by atoms with Gasteiger partial charge in [0.15, 0.2) is 11.5 Å². The zero-order chi connectivity index (χ0) is 30.3. The summed E-state index contributed by atoms with van der Waals surface area (Å²) in [6, 6.07) is 7.48. The highest BCUT2D eigenvalue weighted by molar-refractivity contribution is 5.80. The average Bonchev–Trinajstić information content (AvgIpc) is 3.76. The van der Waals surface area contributed by atoms with Crippen molar-refractivity contribution in [3.8, 4) is 17.4 Å². The van der Waals surface area contributed by atoms with E-state index in [1.54, 1.807) is 31.3 Å². The predicted octanol–water partition coefficient (Wildman–Crippen LogP) is 2.61. The van der Waals surface area contributed by atoms with Crippen molar-refractivity contribution in [2.24, 2.45) is 5.92 Å². The van der Waals surface area contributed by atoms with Crippen molar-refractivity contribution in [2.45, 2.75) is 45.1 Å². The van der Waals surface area contributed by atoms with E-state index in [0.29, 0.717) is 63.3 Å². The Bertz CT molecular complexity index is 1390. The van der Waals surface area contributed by atoms with Gasteiger partial charge in [-0.3, -0.25) is 14.2 Å². The van der Waals surface area contributed by atoms with Gasteiger partial charge in [-0.05, 0) is 36.5 Å². The molecule has 0 spiro atoms. The number of aromatic nitrogens is 4. The zero-order valence-corrected chi connectivity index (χ0v) is 25.4. The van der Waals surface area contributed by atoms with Crippen molar-refractivity contribution in [3.63, 3.8) is 0 Å². The summed E-state index contributed by atoms with van der Waals surface area (Å²) in [5, 5.41) is 3.07. The number of hydrogen-bond acceptors (Lipinski definition) is 9. The van der Waals surface area contributed by atoms with E-state index in [0.717, 1.165) is 23.5 Å². The molecule has 1 N–H and O–H groups in total. The first-order chi connectivity index (χ1) is 20.9. The van der Waals surface area contributed by atoms with Gasteiger partial charge in [-0.1, -0.05) is 19.9 Å². The van der Waals surface area contributed by atoms with Gasteiger partial charge in [0.25, 0.3) is 0 Å². The van der Waals surface area contributed by atoms with Crippen molar-refractivity contribution in [1.29, 1.82) is 0 Å². The molecule has 5 rings (SSSR count). The summed E-state index contributed by atoms with van der Waals surface area (Å²) >= 11 is 0. The second-order valence-electron chi connectivity index (χ2n) is 11.3. The van der Waals surface area contributed by atoms with Crippen molar-refractivity contribution < 1.29 is 23.8 Å². The predicted molar refractivity (Wildman–Crippen MR) is 161 cm³/mol. The molecular formula is C31H41N7O5. The lowest BCUT2D eigenvalue weighted by Gasteiger charge is -2.42. The summed E-state index contributed by atoms with van der Waals surface area (Å²) in [5.41, 5.74) is 1.93. The zero-order valence-electron chi connectivity index (χ0n) is 25.4. The molecule has 2 aromatic heterocycles. The molecule has 2 atom stereocenters. The second-order valence-corrected chi connectivity index (χ2v) is 11.3. The van der Waals surface area contributed by atoms with Crippen LogP contribution in [0, 0.1) is 5.92 Å². The maximum atomic E-state index is 13.3. The lowest BCUT2D eigenvalue weighted by Crippen LogP contribution is -2.57. The topological polar surface area (TPSA) is 124 Å². The summed E-state index contributed by atoms with van der Waals surface area (Å²) in [6.07, 6.45) is 6.78. The van der Waals surface area contributed by atoms with Crippen molar-refractivity contribution >= 4 is 17.6 Å². The van der Waals surface area contributed by atoms with Gasteiger partial charge in [-0.2, -0.15) is 4.98 Å². The van der Waals surface area contributed by atoms with E-state index >= 15 is 0 Å². The van der Waals surface area contributed by atoms with Crippen LogP contribution in [-0.4, -0.2) is 95.9 Å². The largest absolute Gasteiger partial charge is 0.493 e. The van der Waals surface area contributed by atoms with Crippen LogP contribution < -0.4 is 19.7 Å². The molecule has 0 saturated carbocycles. The minimum Gasteiger partial charge on any atom is -0.493 e. The monoisotopic (exact) mass is 591 g/mol. The Morgan fingerprint density at radius 1 is 1.12 bits per heavy atom. The van der Waals surface area contributed by atoms with E-state index in [2.05, 4.69) is 29.0 Å². The van der Waals surface area contributed by atoms with Crippen LogP contribution >= 0.6 is 0 Å². The van der Waals surface area contributed by atoms with E-state index < -0.39 is 0 Å². The van der Waals surface area contributed by atoms with Crippen LogP contribution in [0.25, 0.3) is 5.95 Å². The van der Waals surface area contributed by atoms with Gasteiger partial charge in [0.1, 0.15) is 12.1 Å². The first kappa shape index (κ1) is 30.3. The maximum absolute atomic E-state index is 13.3. The van der Waals surface area contributed by atoms with Gasteiger partial charge in [0, 0.05) is 57.7 Å².